The first-order valence-corrected chi connectivity index (χ1v) is 5.26. The van der Waals surface area contributed by atoms with Gasteiger partial charge in [-0.15, -0.1) is 0 Å². The van der Waals surface area contributed by atoms with Gasteiger partial charge in [-0.1, -0.05) is 12.2 Å². The third-order valence-corrected chi connectivity index (χ3v) is 4.28. The van der Waals surface area contributed by atoms with Gasteiger partial charge >= 0.3 is 0 Å². The highest BCUT2D eigenvalue weighted by Crippen LogP contribution is 2.59. The molecule has 0 aromatic carbocycles. The van der Waals surface area contributed by atoms with Crippen molar-refractivity contribution in [1.82, 2.24) is 4.90 Å². The smallest absolute Gasteiger partial charge is 0.0618 e. The second kappa shape index (κ2) is 2.18. The number of fused-ring (bicyclic) bond motifs is 2. The molecular weight excluding hydrogens is 162 g/mol. The van der Waals surface area contributed by atoms with E-state index in [-0.39, 0.29) is 5.54 Å². The Hall–Kier alpha value is -0.340. The minimum atomic E-state index is 0.105. The van der Waals surface area contributed by atoms with E-state index in [2.05, 4.69) is 11.5 Å². The van der Waals surface area contributed by atoms with Crippen LogP contribution < -0.4 is 0 Å². The molecule has 2 nitrogen and oxygen atoms in total. The third-order valence-electron chi connectivity index (χ3n) is 4.28. The van der Waals surface area contributed by atoms with Gasteiger partial charge in [0.25, 0.3) is 0 Å². The Morgan fingerprint density at radius 3 is 2.62 bits per heavy atom. The second-order valence-corrected chi connectivity index (χ2v) is 5.12. The highest BCUT2D eigenvalue weighted by Gasteiger charge is 2.62. The van der Waals surface area contributed by atoms with Crippen LogP contribution in [0.25, 0.3) is 0 Å². The summed E-state index contributed by atoms with van der Waals surface area (Å²) in [7, 11) is 0. The first-order valence-electron chi connectivity index (χ1n) is 5.26. The molecule has 2 saturated heterocycles. The SMILES string of the molecule is C=C1CN2C3(CC3)CCC2(CO)C1. The Balaban J connectivity index is 1.97. The van der Waals surface area contributed by atoms with Gasteiger partial charge in [0.1, 0.15) is 0 Å². The number of rotatable bonds is 1. The number of aliphatic hydroxyl groups excluding tert-OH is 1. The van der Waals surface area contributed by atoms with E-state index in [0.717, 1.165) is 13.0 Å². The average molecular weight is 179 g/mol. The monoisotopic (exact) mass is 179 g/mol. The van der Waals surface area contributed by atoms with Crippen molar-refractivity contribution in [2.24, 2.45) is 0 Å². The zero-order valence-electron chi connectivity index (χ0n) is 8.05. The molecule has 1 spiro atoms. The lowest BCUT2D eigenvalue weighted by atomic mass is 9.94. The van der Waals surface area contributed by atoms with Gasteiger partial charge in [-0.2, -0.15) is 0 Å². The molecule has 1 aliphatic carbocycles. The predicted molar refractivity (Wildman–Crippen MR) is 51.5 cm³/mol. The lowest BCUT2D eigenvalue weighted by Gasteiger charge is -2.33. The van der Waals surface area contributed by atoms with Gasteiger partial charge in [0.15, 0.2) is 0 Å². The highest BCUT2D eigenvalue weighted by molar-refractivity contribution is 5.26. The summed E-state index contributed by atoms with van der Waals surface area (Å²) < 4.78 is 0. The summed E-state index contributed by atoms with van der Waals surface area (Å²) in [6.07, 6.45) is 6.22. The molecule has 3 rings (SSSR count). The van der Waals surface area contributed by atoms with Crippen LogP contribution in [-0.4, -0.2) is 34.2 Å². The molecule has 1 saturated carbocycles. The predicted octanol–water partition coefficient (Wildman–Crippen LogP) is 1.31. The Morgan fingerprint density at radius 2 is 2.00 bits per heavy atom. The number of nitrogens with zero attached hydrogens (tertiary/aromatic N) is 1. The summed E-state index contributed by atoms with van der Waals surface area (Å²) in [5.41, 5.74) is 1.93. The fraction of sp³-hybridized carbons (Fsp3) is 0.818. The molecule has 13 heavy (non-hydrogen) atoms. The molecule has 0 bridgehead atoms. The Labute approximate surface area is 79.2 Å². The van der Waals surface area contributed by atoms with Gasteiger partial charge in [0, 0.05) is 17.6 Å². The van der Waals surface area contributed by atoms with Crippen LogP contribution in [0.4, 0.5) is 0 Å². The van der Waals surface area contributed by atoms with Gasteiger partial charge in [-0.25, -0.2) is 0 Å². The van der Waals surface area contributed by atoms with Crippen molar-refractivity contribution < 1.29 is 5.11 Å². The summed E-state index contributed by atoms with van der Waals surface area (Å²) in [6.45, 7) is 5.44. The Morgan fingerprint density at radius 1 is 1.31 bits per heavy atom. The van der Waals surface area contributed by atoms with E-state index >= 15 is 0 Å². The summed E-state index contributed by atoms with van der Waals surface area (Å²) in [5, 5.41) is 9.52. The minimum Gasteiger partial charge on any atom is -0.394 e. The second-order valence-electron chi connectivity index (χ2n) is 5.12. The molecule has 0 amide bonds. The van der Waals surface area contributed by atoms with Crippen molar-refractivity contribution >= 4 is 0 Å². The summed E-state index contributed by atoms with van der Waals surface area (Å²) >= 11 is 0. The van der Waals surface area contributed by atoms with E-state index < -0.39 is 0 Å². The van der Waals surface area contributed by atoms with Crippen molar-refractivity contribution in [3.8, 4) is 0 Å². The molecule has 72 valence electrons. The number of hydrogen-bond donors (Lipinski definition) is 1. The Kier molecular flexibility index (Phi) is 1.34. The first kappa shape index (κ1) is 8.01. The van der Waals surface area contributed by atoms with E-state index in [1.54, 1.807) is 0 Å². The zero-order chi connectivity index (χ0) is 9.10. The van der Waals surface area contributed by atoms with Crippen LogP contribution >= 0.6 is 0 Å². The van der Waals surface area contributed by atoms with Crippen LogP contribution in [0.1, 0.15) is 32.1 Å². The van der Waals surface area contributed by atoms with Crippen molar-refractivity contribution in [1.29, 1.82) is 0 Å². The average Bonchev–Trinajstić information content (AvgIpc) is 2.75. The standard InChI is InChI=1S/C11H17NO/c1-9-6-11(8-13)5-4-10(2-3-10)12(11)7-9/h13H,1-8H2. The topological polar surface area (TPSA) is 23.5 Å². The fourth-order valence-electron chi connectivity index (χ4n) is 3.39. The van der Waals surface area contributed by atoms with Crippen molar-refractivity contribution in [2.75, 3.05) is 13.2 Å². The molecule has 0 aromatic heterocycles. The molecule has 0 radical (unpaired) electrons. The largest absolute Gasteiger partial charge is 0.394 e. The maximum absolute atomic E-state index is 9.52. The zero-order valence-corrected chi connectivity index (χ0v) is 8.05. The van der Waals surface area contributed by atoms with Gasteiger partial charge in [0.05, 0.1) is 6.61 Å². The maximum Gasteiger partial charge on any atom is 0.0618 e. The molecule has 1 atom stereocenters. The molecular formula is C11H17NO. The van der Waals surface area contributed by atoms with Crippen molar-refractivity contribution in [2.45, 2.75) is 43.2 Å². The van der Waals surface area contributed by atoms with Gasteiger partial charge in [-0.05, 0) is 32.1 Å². The quantitative estimate of drug-likeness (QED) is 0.613. The molecule has 3 aliphatic rings. The molecule has 1 N–H and O–H groups in total. The van der Waals surface area contributed by atoms with Crippen molar-refractivity contribution in [3.63, 3.8) is 0 Å². The van der Waals surface area contributed by atoms with E-state index in [4.69, 9.17) is 0 Å². The summed E-state index contributed by atoms with van der Waals surface area (Å²) in [5.74, 6) is 0. The molecule has 1 unspecified atom stereocenters. The lowest BCUT2D eigenvalue weighted by molar-refractivity contribution is 0.0707. The van der Waals surface area contributed by atoms with Crippen LogP contribution in [0, 0.1) is 0 Å². The first-order chi connectivity index (χ1) is 6.21. The van der Waals surface area contributed by atoms with Crippen LogP contribution in [0.3, 0.4) is 0 Å². The van der Waals surface area contributed by atoms with Crippen LogP contribution in [-0.2, 0) is 0 Å². The van der Waals surface area contributed by atoms with E-state index in [9.17, 15) is 5.11 Å². The summed E-state index contributed by atoms with van der Waals surface area (Å²) in [6, 6.07) is 0. The summed E-state index contributed by atoms with van der Waals surface area (Å²) in [4.78, 5) is 2.56. The lowest BCUT2D eigenvalue weighted by Crippen LogP contribution is -2.46. The van der Waals surface area contributed by atoms with E-state index in [1.807, 2.05) is 0 Å². The molecule has 2 aliphatic heterocycles. The highest BCUT2D eigenvalue weighted by atomic mass is 16.3. The molecule has 2 heteroatoms. The normalized spacial score (nSPS) is 41.5. The molecule has 3 fully saturated rings. The van der Waals surface area contributed by atoms with Crippen LogP contribution in [0.5, 0.6) is 0 Å². The molecule has 0 aromatic rings. The van der Waals surface area contributed by atoms with Crippen molar-refractivity contribution in [3.05, 3.63) is 12.2 Å². The van der Waals surface area contributed by atoms with Crippen LogP contribution in [0.15, 0.2) is 12.2 Å². The van der Waals surface area contributed by atoms with Gasteiger partial charge < -0.3 is 5.11 Å². The van der Waals surface area contributed by atoms with Crippen LogP contribution in [0.2, 0.25) is 0 Å². The van der Waals surface area contributed by atoms with Gasteiger partial charge in [0.2, 0.25) is 0 Å². The van der Waals surface area contributed by atoms with E-state index in [0.29, 0.717) is 12.1 Å². The maximum atomic E-state index is 9.52. The fourth-order valence-corrected chi connectivity index (χ4v) is 3.39. The minimum absolute atomic E-state index is 0.105. The Bertz CT molecular complexity index is 269. The van der Waals surface area contributed by atoms with E-state index in [1.165, 1.54) is 31.3 Å². The number of hydrogen-bond acceptors (Lipinski definition) is 2. The third kappa shape index (κ3) is 0.856. The van der Waals surface area contributed by atoms with Gasteiger partial charge in [-0.3, -0.25) is 4.90 Å². The number of aliphatic hydroxyl groups is 1. The molecule has 2 heterocycles.